The number of methoxy groups -OCH3 is 1. The highest BCUT2D eigenvalue weighted by Gasteiger charge is 2.34. The van der Waals surface area contributed by atoms with E-state index in [-0.39, 0.29) is 0 Å². The first-order valence-electron chi connectivity index (χ1n) is 6.25. The van der Waals surface area contributed by atoms with Crippen molar-refractivity contribution in [2.75, 3.05) is 27.2 Å². The van der Waals surface area contributed by atoms with Crippen LogP contribution >= 0.6 is 0 Å². The highest BCUT2D eigenvalue weighted by atomic mass is 16.5. The van der Waals surface area contributed by atoms with Crippen LogP contribution in [0.2, 0.25) is 0 Å². The van der Waals surface area contributed by atoms with Crippen LogP contribution in [0.5, 0.6) is 5.75 Å². The van der Waals surface area contributed by atoms with E-state index >= 15 is 0 Å². The summed E-state index contributed by atoms with van der Waals surface area (Å²) in [7, 11) is 3.91. The van der Waals surface area contributed by atoms with E-state index in [4.69, 9.17) is 9.47 Å². The first-order chi connectivity index (χ1) is 8.28. The first kappa shape index (κ1) is 11.1. The van der Waals surface area contributed by atoms with E-state index in [1.807, 2.05) is 6.07 Å². The van der Waals surface area contributed by atoms with Crippen LogP contribution in [0.4, 0.5) is 0 Å². The largest absolute Gasteiger partial charge is 0.497 e. The second-order valence-corrected chi connectivity index (χ2v) is 5.07. The Morgan fingerprint density at radius 2 is 2.29 bits per heavy atom. The second-order valence-electron chi connectivity index (χ2n) is 5.07. The number of hydrogen-bond donors (Lipinski definition) is 0. The fraction of sp³-hybridized carbons (Fsp3) is 0.571. The molecule has 1 fully saturated rings. The zero-order chi connectivity index (χ0) is 11.8. The Morgan fingerprint density at radius 3 is 3.12 bits per heavy atom. The van der Waals surface area contributed by atoms with E-state index < -0.39 is 0 Å². The summed E-state index contributed by atoms with van der Waals surface area (Å²) in [5, 5.41) is 0. The number of ether oxygens (including phenoxy) is 2. The van der Waals surface area contributed by atoms with Crippen LogP contribution in [-0.2, 0) is 11.3 Å². The molecule has 0 N–H and O–H groups in total. The molecular weight excluding hydrogens is 214 g/mol. The average molecular weight is 233 g/mol. The van der Waals surface area contributed by atoms with Gasteiger partial charge in [0.15, 0.2) is 0 Å². The summed E-state index contributed by atoms with van der Waals surface area (Å²) in [5.41, 5.74) is 2.74. The highest BCUT2D eigenvalue weighted by molar-refractivity contribution is 5.40. The number of fused-ring (bicyclic) bond motifs is 3. The van der Waals surface area contributed by atoms with Gasteiger partial charge in [0.2, 0.25) is 0 Å². The molecule has 0 aromatic heterocycles. The van der Waals surface area contributed by atoms with Gasteiger partial charge in [-0.05, 0) is 36.7 Å². The summed E-state index contributed by atoms with van der Waals surface area (Å²) in [6, 6.07) is 6.35. The summed E-state index contributed by atoms with van der Waals surface area (Å²) < 4.78 is 11.3. The third-order valence-electron chi connectivity index (χ3n) is 3.96. The fourth-order valence-corrected chi connectivity index (χ4v) is 2.96. The van der Waals surface area contributed by atoms with Gasteiger partial charge < -0.3 is 14.4 Å². The fourth-order valence-electron chi connectivity index (χ4n) is 2.96. The standard InChI is InChI=1S/C14H19NO2/c1-15-6-5-14-13(8-15)12-7-11(16-2)4-3-10(12)9-17-14/h3-4,7,13-14H,5-6,8-9H2,1-2H3/t13-,14+/m1/s1. The lowest BCUT2D eigenvalue weighted by Gasteiger charge is -2.40. The molecule has 1 saturated heterocycles. The lowest BCUT2D eigenvalue weighted by Crippen LogP contribution is -2.43. The van der Waals surface area contributed by atoms with Gasteiger partial charge in [0.05, 0.1) is 19.8 Å². The summed E-state index contributed by atoms with van der Waals surface area (Å²) in [5.74, 6) is 1.46. The lowest BCUT2D eigenvalue weighted by molar-refractivity contribution is -0.0268. The zero-order valence-corrected chi connectivity index (χ0v) is 10.5. The minimum atomic E-state index is 0.394. The summed E-state index contributed by atoms with van der Waals surface area (Å²) in [6.07, 6.45) is 1.53. The van der Waals surface area contributed by atoms with Crippen molar-refractivity contribution in [1.29, 1.82) is 0 Å². The van der Waals surface area contributed by atoms with Crippen LogP contribution in [0.15, 0.2) is 18.2 Å². The molecule has 0 spiro atoms. The van der Waals surface area contributed by atoms with Crippen molar-refractivity contribution >= 4 is 0 Å². The van der Waals surface area contributed by atoms with Crippen molar-refractivity contribution in [3.63, 3.8) is 0 Å². The molecule has 2 aliphatic heterocycles. The number of rotatable bonds is 1. The van der Waals surface area contributed by atoms with Crippen molar-refractivity contribution in [3.8, 4) is 5.75 Å². The van der Waals surface area contributed by atoms with E-state index in [1.165, 1.54) is 11.1 Å². The van der Waals surface area contributed by atoms with Crippen molar-refractivity contribution in [2.45, 2.75) is 25.0 Å². The predicted octanol–water partition coefficient (Wildman–Crippen LogP) is 2.01. The summed E-state index contributed by atoms with van der Waals surface area (Å²) in [4.78, 5) is 2.39. The van der Waals surface area contributed by atoms with Crippen molar-refractivity contribution in [2.24, 2.45) is 0 Å². The Bertz CT molecular complexity index is 419. The molecule has 2 aliphatic rings. The predicted molar refractivity (Wildman–Crippen MR) is 66.4 cm³/mol. The second kappa shape index (κ2) is 4.31. The zero-order valence-electron chi connectivity index (χ0n) is 10.5. The van der Waals surface area contributed by atoms with Gasteiger partial charge >= 0.3 is 0 Å². The SMILES string of the molecule is COc1ccc2c(c1)[C@H]1CN(C)CC[C@@H]1OC2. The minimum absolute atomic E-state index is 0.394. The molecule has 0 aliphatic carbocycles. The molecule has 17 heavy (non-hydrogen) atoms. The molecule has 0 unspecified atom stereocenters. The van der Waals surface area contributed by atoms with E-state index in [2.05, 4.69) is 24.1 Å². The van der Waals surface area contributed by atoms with Crippen LogP contribution in [0.1, 0.15) is 23.5 Å². The molecule has 2 heterocycles. The van der Waals surface area contributed by atoms with Crippen LogP contribution in [0, 0.1) is 0 Å². The van der Waals surface area contributed by atoms with Crippen LogP contribution in [0.3, 0.4) is 0 Å². The summed E-state index contributed by atoms with van der Waals surface area (Å²) in [6.45, 7) is 2.98. The van der Waals surface area contributed by atoms with Gasteiger partial charge in [-0.25, -0.2) is 0 Å². The van der Waals surface area contributed by atoms with Gasteiger partial charge in [0.1, 0.15) is 5.75 Å². The van der Waals surface area contributed by atoms with E-state index in [9.17, 15) is 0 Å². The normalized spacial score (nSPS) is 28.4. The van der Waals surface area contributed by atoms with E-state index in [0.717, 1.165) is 31.9 Å². The van der Waals surface area contributed by atoms with E-state index in [1.54, 1.807) is 7.11 Å². The third-order valence-corrected chi connectivity index (χ3v) is 3.96. The van der Waals surface area contributed by atoms with E-state index in [0.29, 0.717) is 12.0 Å². The smallest absolute Gasteiger partial charge is 0.119 e. The topological polar surface area (TPSA) is 21.7 Å². The minimum Gasteiger partial charge on any atom is -0.497 e. The molecule has 0 radical (unpaired) electrons. The van der Waals surface area contributed by atoms with Gasteiger partial charge in [0.25, 0.3) is 0 Å². The Morgan fingerprint density at radius 1 is 1.41 bits per heavy atom. The van der Waals surface area contributed by atoms with Crippen molar-refractivity contribution < 1.29 is 9.47 Å². The Hall–Kier alpha value is -1.06. The number of nitrogens with zero attached hydrogens (tertiary/aromatic N) is 1. The maximum absolute atomic E-state index is 5.96. The molecule has 3 rings (SSSR count). The van der Waals surface area contributed by atoms with Gasteiger partial charge in [0, 0.05) is 19.0 Å². The molecule has 1 aromatic rings. The summed E-state index contributed by atoms with van der Waals surface area (Å²) >= 11 is 0. The molecule has 0 amide bonds. The Balaban J connectivity index is 1.97. The average Bonchev–Trinajstić information content (AvgIpc) is 2.38. The molecule has 3 heteroatoms. The number of benzene rings is 1. The molecular formula is C14H19NO2. The molecule has 1 aromatic carbocycles. The molecule has 0 saturated carbocycles. The molecule has 2 atom stereocenters. The number of hydrogen-bond acceptors (Lipinski definition) is 3. The van der Waals surface area contributed by atoms with Gasteiger partial charge in [-0.3, -0.25) is 0 Å². The number of likely N-dealkylation sites (N-methyl/N-ethyl adjacent to an activating group) is 1. The molecule has 3 nitrogen and oxygen atoms in total. The number of likely N-dealkylation sites (tertiary alicyclic amines) is 1. The Kier molecular flexibility index (Phi) is 2.81. The molecule has 0 bridgehead atoms. The maximum Gasteiger partial charge on any atom is 0.119 e. The quantitative estimate of drug-likeness (QED) is 0.740. The highest BCUT2D eigenvalue weighted by Crippen LogP contribution is 2.37. The monoisotopic (exact) mass is 233 g/mol. The molecule has 92 valence electrons. The van der Waals surface area contributed by atoms with Gasteiger partial charge in [-0.15, -0.1) is 0 Å². The third kappa shape index (κ3) is 1.94. The lowest BCUT2D eigenvalue weighted by atomic mass is 9.83. The number of piperidine rings is 1. The van der Waals surface area contributed by atoms with Gasteiger partial charge in [-0.2, -0.15) is 0 Å². The Labute approximate surface area is 102 Å². The first-order valence-corrected chi connectivity index (χ1v) is 6.25. The van der Waals surface area contributed by atoms with Crippen LogP contribution in [0.25, 0.3) is 0 Å². The van der Waals surface area contributed by atoms with Crippen molar-refractivity contribution in [3.05, 3.63) is 29.3 Å². The van der Waals surface area contributed by atoms with Crippen LogP contribution in [-0.4, -0.2) is 38.3 Å². The van der Waals surface area contributed by atoms with Crippen LogP contribution < -0.4 is 4.74 Å². The van der Waals surface area contributed by atoms with Gasteiger partial charge in [-0.1, -0.05) is 6.07 Å². The van der Waals surface area contributed by atoms with Crippen molar-refractivity contribution in [1.82, 2.24) is 4.90 Å². The maximum atomic E-state index is 5.96.